The summed E-state index contributed by atoms with van der Waals surface area (Å²) in [6, 6.07) is 7.09. The lowest BCUT2D eigenvalue weighted by molar-refractivity contribution is 0.0606. The summed E-state index contributed by atoms with van der Waals surface area (Å²) in [7, 11) is 1.32. The van der Waals surface area contributed by atoms with Gasteiger partial charge in [-0.1, -0.05) is 0 Å². The van der Waals surface area contributed by atoms with E-state index in [4.69, 9.17) is 5.26 Å². The zero-order chi connectivity index (χ0) is 14.7. The smallest absolute Gasteiger partial charge is 0.348 e. The lowest BCUT2D eigenvalue weighted by atomic mass is 10.2. The van der Waals surface area contributed by atoms with Gasteiger partial charge < -0.3 is 9.30 Å². The number of nitrogens with zero attached hydrogens (tertiary/aromatic N) is 2. The average Bonchev–Trinajstić information content (AvgIpc) is 2.90. The van der Waals surface area contributed by atoms with E-state index >= 15 is 0 Å². The van der Waals surface area contributed by atoms with Gasteiger partial charge in [-0.3, -0.25) is 4.79 Å². The van der Waals surface area contributed by atoms with Gasteiger partial charge in [0.1, 0.15) is 16.5 Å². The molecule has 0 aliphatic heterocycles. The van der Waals surface area contributed by atoms with Gasteiger partial charge in [0, 0.05) is 11.1 Å². The van der Waals surface area contributed by atoms with Crippen LogP contribution in [0.3, 0.4) is 0 Å². The fourth-order valence-electron chi connectivity index (χ4n) is 1.77. The Balaban J connectivity index is 2.32. The molecule has 0 aliphatic carbocycles. The molecule has 0 unspecified atom stereocenters. The maximum atomic E-state index is 12.1. The van der Waals surface area contributed by atoms with E-state index in [2.05, 4.69) is 4.74 Å². The fourth-order valence-corrected chi connectivity index (χ4v) is 2.69. The Morgan fingerprint density at radius 2 is 2.20 bits per heavy atom. The Hall–Kier alpha value is -2.39. The molecule has 2 rings (SSSR count). The molecular formula is C14H12N2O3S. The van der Waals surface area contributed by atoms with Crippen molar-refractivity contribution in [3.05, 3.63) is 55.6 Å². The summed E-state index contributed by atoms with van der Waals surface area (Å²) >= 11 is 1.27. The van der Waals surface area contributed by atoms with Crippen LogP contribution in [0.2, 0.25) is 0 Å². The molecule has 0 fully saturated rings. The summed E-state index contributed by atoms with van der Waals surface area (Å²) in [6.45, 7) is 2.06. The van der Waals surface area contributed by atoms with E-state index in [1.807, 2.05) is 6.07 Å². The minimum atomic E-state index is -0.393. The first-order valence-electron chi connectivity index (χ1n) is 5.84. The summed E-state index contributed by atoms with van der Waals surface area (Å²) in [5.74, 6) is -0.393. The Morgan fingerprint density at radius 3 is 2.85 bits per heavy atom. The van der Waals surface area contributed by atoms with Crippen molar-refractivity contribution < 1.29 is 9.53 Å². The topological polar surface area (TPSA) is 72.1 Å². The molecule has 0 saturated carbocycles. The number of rotatable bonds is 3. The highest BCUT2D eigenvalue weighted by molar-refractivity contribution is 7.13. The molecule has 2 aromatic rings. The number of hydrogen-bond donors (Lipinski definition) is 0. The van der Waals surface area contributed by atoms with Crippen LogP contribution in [0.15, 0.2) is 29.2 Å². The van der Waals surface area contributed by atoms with Crippen molar-refractivity contribution in [1.29, 1.82) is 5.26 Å². The first kappa shape index (κ1) is 14.0. The van der Waals surface area contributed by atoms with Crippen molar-refractivity contribution in [3.8, 4) is 6.07 Å². The van der Waals surface area contributed by atoms with Crippen molar-refractivity contribution in [2.24, 2.45) is 0 Å². The van der Waals surface area contributed by atoms with E-state index in [1.165, 1.54) is 23.0 Å². The molecule has 0 aromatic carbocycles. The summed E-state index contributed by atoms with van der Waals surface area (Å²) in [6.07, 6.45) is 1.65. The molecule has 0 aliphatic rings. The largest absolute Gasteiger partial charge is 0.465 e. The molecule has 0 saturated heterocycles. The zero-order valence-corrected chi connectivity index (χ0v) is 11.9. The summed E-state index contributed by atoms with van der Waals surface area (Å²) in [5, 5.41) is 8.98. The second-order valence-electron chi connectivity index (χ2n) is 4.18. The molecule has 20 heavy (non-hydrogen) atoms. The van der Waals surface area contributed by atoms with Crippen molar-refractivity contribution in [3.63, 3.8) is 0 Å². The van der Waals surface area contributed by atoms with Crippen molar-refractivity contribution >= 4 is 17.3 Å². The van der Waals surface area contributed by atoms with Crippen LogP contribution >= 0.6 is 11.3 Å². The number of nitriles is 1. The number of carbonyl (C=O) groups excluding carboxylic acids is 1. The van der Waals surface area contributed by atoms with Gasteiger partial charge in [-0.2, -0.15) is 5.26 Å². The standard InChI is InChI=1S/C14H12N2O3S/c1-9-5-6-16(13(17)11(9)7-15)8-10-3-4-12(20-10)14(18)19-2/h3-6H,8H2,1-2H3. The zero-order valence-electron chi connectivity index (χ0n) is 11.0. The highest BCUT2D eigenvalue weighted by Crippen LogP contribution is 2.18. The van der Waals surface area contributed by atoms with Crippen molar-refractivity contribution in [2.45, 2.75) is 13.5 Å². The number of pyridine rings is 1. The van der Waals surface area contributed by atoms with E-state index in [1.54, 1.807) is 31.3 Å². The van der Waals surface area contributed by atoms with Gasteiger partial charge in [0.25, 0.3) is 5.56 Å². The molecular weight excluding hydrogens is 276 g/mol. The van der Waals surface area contributed by atoms with Crippen LogP contribution in [0.4, 0.5) is 0 Å². The minimum absolute atomic E-state index is 0.150. The Kier molecular flexibility index (Phi) is 4.01. The Morgan fingerprint density at radius 1 is 1.45 bits per heavy atom. The molecule has 102 valence electrons. The third kappa shape index (κ3) is 2.63. The maximum Gasteiger partial charge on any atom is 0.348 e. The summed E-state index contributed by atoms with van der Waals surface area (Å²) in [4.78, 5) is 24.8. The van der Waals surface area contributed by atoms with Crippen molar-refractivity contribution in [1.82, 2.24) is 4.57 Å². The van der Waals surface area contributed by atoms with Gasteiger partial charge in [-0.05, 0) is 30.7 Å². The summed E-state index contributed by atoms with van der Waals surface area (Å²) in [5.41, 5.74) is 0.493. The van der Waals surface area contributed by atoms with Crippen LogP contribution in [0.25, 0.3) is 0 Å². The lowest BCUT2D eigenvalue weighted by Crippen LogP contribution is -2.23. The minimum Gasteiger partial charge on any atom is -0.465 e. The average molecular weight is 288 g/mol. The van der Waals surface area contributed by atoms with Gasteiger partial charge in [-0.25, -0.2) is 4.79 Å². The van der Waals surface area contributed by atoms with Crippen LogP contribution in [0, 0.1) is 18.3 Å². The van der Waals surface area contributed by atoms with Gasteiger partial charge >= 0.3 is 5.97 Å². The number of esters is 1. The highest BCUT2D eigenvalue weighted by Gasteiger charge is 2.11. The predicted octanol–water partition coefficient (Wildman–Crippen LogP) is 1.92. The lowest BCUT2D eigenvalue weighted by Gasteiger charge is -2.05. The number of methoxy groups -OCH3 is 1. The number of carbonyl (C=O) groups is 1. The molecule has 6 heteroatoms. The Labute approximate surface area is 119 Å². The van der Waals surface area contributed by atoms with Crippen LogP contribution < -0.4 is 5.56 Å². The van der Waals surface area contributed by atoms with Crippen LogP contribution in [-0.4, -0.2) is 17.6 Å². The Bertz CT molecular complexity index is 753. The second kappa shape index (κ2) is 5.72. The van der Waals surface area contributed by atoms with E-state index in [9.17, 15) is 9.59 Å². The van der Waals surface area contributed by atoms with Gasteiger partial charge in [-0.15, -0.1) is 11.3 Å². The number of thiophene rings is 1. The van der Waals surface area contributed by atoms with Crippen LogP contribution in [0.5, 0.6) is 0 Å². The number of hydrogen-bond acceptors (Lipinski definition) is 5. The number of aryl methyl sites for hydroxylation is 1. The maximum absolute atomic E-state index is 12.1. The van der Waals surface area contributed by atoms with E-state index in [0.717, 1.165) is 4.88 Å². The van der Waals surface area contributed by atoms with Crippen LogP contribution in [0.1, 0.15) is 25.7 Å². The van der Waals surface area contributed by atoms with Crippen molar-refractivity contribution in [2.75, 3.05) is 7.11 Å². The van der Waals surface area contributed by atoms with E-state index < -0.39 is 5.97 Å². The van der Waals surface area contributed by atoms with E-state index in [-0.39, 0.29) is 11.1 Å². The molecule has 0 N–H and O–H groups in total. The quantitative estimate of drug-likeness (QED) is 0.809. The van der Waals surface area contributed by atoms with Crippen LogP contribution in [-0.2, 0) is 11.3 Å². The summed E-state index contributed by atoms with van der Waals surface area (Å²) < 4.78 is 6.09. The molecule has 0 amide bonds. The molecule has 0 spiro atoms. The van der Waals surface area contributed by atoms with Gasteiger partial charge in [0.05, 0.1) is 13.7 Å². The SMILES string of the molecule is COC(=O)c1ccc(Cn2ccc(C)c(C#N)c2=O)s1. The van der Waals surface area contributed by atoms with Gasteiger partial charge in [0.15, 0.2) is 0 Å². The predicted molar refractivity (Wildman–Crippen MR) is 74.9 cm³/mol. The first-order chi connectivity index (χ1) is 9.56. The second-order valence-corrected chi connectivity index (χ2v) is 5.34. The molecule has 0 bridgehead atoms. The van der Waals surface area contributed by atoms with E-state index in [0.29, 0.717) is 17.0 Å². The number of aromatic nitrogens is 1. The fraction of sp³-hybridized carbons (Fsp3) is 0.214. The third-order valence-electron chi connectivity index (χ3n) is 2.86. The molecule has 2 heterocycles. The first-order valence-corrected chi connectivity index (χ1v) is 6.65. The molecule has 0 atom stereocenters. The molecule has 5 nitrogen and oxygen atoms in total. The third-order valence-corrected chi connectivity index (χ3v) is 3.91. The molecule has 2 aromatic heterocycles. The molecule has 0 radical (unpaired) electrons. The number of ether oxygens (including phenoxy) is 1. The normalized spacial score (nSPS) is 10.1. The monoisotopic (exact) mass is 288 g/mol. The highest BCUT2D eigenvalue weighted by atomic mass is 32.1. The van der Waals surface area contributed by atoms with Gasteiger partial charge in [0.2, 0.25) is 0 Å².